The molecule has 0 saturated carbocycles. The number of phenols is 1. The van der Waals surface area contributed by atoms with Crippen molar-refractivity contribution >= 4 is 0 Å². The molecule has 2 aromatic carbocycles. The van der Waals surface area contributed by atoms with Gasteiger partial charge >= 0.3 is 0 Å². The molecule has 150 valence electrons. The number of hydrogen-bond donors (Lipinski definition) is 1. The van der Waals surface area contributed by atoms with Gasteiger partial charge in [-0.1, -0.05) is 18.2 Å². The number of piperidine rings is 1. The van der Waals surface area contributed by atoms with Crippen LogP contribution in [0.15, 0.2) is 42.5 Å². The number of aromatic hydroxyl groups is 1. The van der Waals surface area contributed by atoms with Gasteiger partial charge in [-0.3, -0.25) is 9.80 Å². The third-order valence-electron chi connectivity index (χ3n) is 6.29. The molecule has 2 aliphatic rings. The summed E-state index contributed by atoms with van der Waals surface area (Å²) in [5.74, 6) is 0.884. The van der Waals surface area contributed by atoms with E-state index in [0.29, 0.717) is 11.2 Å². The van der Waals surface area contributed by atoms with E-state index in [1.165, 1.54) is 24.8 Å². The predicted molar refractivity (Wildman–Crippen MR) is 108 cm³/mol. The van der Waals surface area contributed by atoms with Gasteiger partial charge in [0, 0.05) is 31.7 Å². The monoisotopic (exact) mass is 384 g/mol. The highest BCUT2D eigenvalue weighted by molar-refractivity contribution is 5.43. The highest BCUT2D eigenvalue weighted by Gasteiger charge is 2.41. The Labute approximate surface area is 166 Å². The van der Waals surface area contributed by atoms with Crippen molar-refractivity contribution in [3.8, 4) is 11.5 Å². The SMILES string of the molecule is COc1cccc(O)c1CN1CCC2(CCCN(Cc3ccc(F)cc3)C2)C1. The minimum atomic E-state index is -0.176. The lowest BCUT2D eigenvalue weighted by Crippen LogP contribution is -2.44. The van der Waals surface area contributed by atoms with Gasteiger partial charge in [-0.05, 0) is 67.6 Å². The number of methoxy groups -OCH3 is 1. The summed E-state index contributed by atoms with van der Waals surface area (Å²) in [5.41, 5.74) is 2.36. The Bertz CT molecular complexity index is 811. The Morgan fingerprint density at radius 1 is 1.00 bits per heavy atom. The summed E-state index contributed by atoms with van der Waals surface area (Å²) in [4.78, 5) is 4.96. The molecule has 0 aliphatic carbocycles. The number of ether oxygens (including phenoxy) is 1. The highest BCUT2D eigenvalue weighted by Crippen LogP contribution is 2.41. The molecule has 0 radical (unpaired) electrons. The van der Waals surface area contributed by atoms with Crippen molar-refractivity contribution in [3.63, 3.8) is 0 Å². The fourth-order valence-electron chi connectivity index (χ4n) is 4.92. The van der Waals surface area contributed by atoms with Crippen LogP contribution in [0.1, 0.15) is 30.4 Å². The standard InChI is InChI=1S/C23H29FN2O2/c1-28-22-5-2-4-21(27)20(22)15-26-13-11-23(17-26)10-3-12-25(16-23)14-18-6-8-19(24)9-7-18/h2,4-9,27H,3,10-17H2,1H3. The summed E-state index contributed by atoms with van der Waals surface area (Å²) in [6.07, 6.45) is 3.64. The van der Waals surface area contributed by atoms with Crippen molar-refractivity contribution in [1.82, 2.24) is 9.80 Å². The third kappa shape index (κ3) is 4.15. The number of rotatable bonds is 5. The number of hydrogen-bond acceptors (Lipinski definition) is 4. The molecule has 2 aliphatic heterocycles. The summed E-state index contributed by atoms with van der Waals surface area (Å²) in [6, 6.07) is 12.3. The number of phenolic OH excluding ortho intramolecular Hbond substituents is 1. The number of nitrogens with zero attached hydrogens (tertiary/aromatic N) is 2. The van der Waals surface area contributed by atoms with Crippen LogP contribution in [0, 0.1) is 11.2 Å². The molecule has 2 saturated heterocycles. The maximum atomic E-state index is 13.2. The second kappa shape index (κ2) is 8.10. The summed E-state index contributed by atoms with van der Waals surface area (Å²) in [7, 11) is 1.65. The Hall–Kier alpha value is -2.11. The van der Waals surface area contributed by atoms with Crippen LogP contribution in [0.2, 0.25) is 0 Å². The smallest absolute Gasteiger partial charge is 0.127 e. The van der Waals surface area contributed by atoms with E-state index in [4.69, 9.17) is 4.74 Å². The van der Waals surface area contributed by atoms with Crippen molar-refractivity contribution in [2.45, 2.75) is 32.4 Å². The highest BCUT2D eigenvalue weighted by atomic mass is 19.1. The molecule has 0 amide bonds. The van der Waals surface area contributed by atoms with Crippen molar-refractivity contribution in [1.29, 1.82) is 0 Å². The first-order valence-corrected chi connectivity index (χ1v) is 10.1. The van der Waals surface area contributed by atoms with Crippen molar-refractivity contribution in [2.24, 2.45) is 5.41 Å². The van der Waals surface area contributed by atoms with Crippen LogP contribution < -0.4 is 4.74 Å². The van der Waals surface area contributed by atoms with E-state index < -0.39 is 0 Å². The molecule has 2 heterocycles. The van der Waals surface area contributed by atoms with E-state index in [2.05, 4.69) is 9.80 Å². The van der Waals surface area contributed by atoms with Crippen molar-refractivity contribution in [2.75, 3.05) is 33.3 Å². The van der Waals surface area contributed by atoms with Crippen molar-refractivity contribution < 1.29 is 14.2 Å². The summed E-state index contributed by atoms with van der Waals surface area (Å²) < 4.78 is 18.6. The van der Waals surface area contributed by atoms with Gasteiger partial charge in [0.15, 0.2) is 0 Å². The number of benzene rings is 2. The third-order valence-corrected chi connectivity index (χ3v) is 6.29. The Balaban J connectivity index is 1.40. The van der Waals surface area contributed by atoms with Gasteiger partial charge in [0.1, 0.15) is 17.3 Å². The molecular formula is C23H29FN2O2. The second-order valence-electron chi connectivity index (χ2n) is 8.36. The van der Waals surface area contributed by atoms with Gasteiger partial charge < -0.3 is 9.84 Å². The van der Waals surface area contributed by atoms with Gasteiger partial charge in [-0.2, -0.15) is 0 Å². The van der Waals surface area contributed by atoms with Gasteiger partial charge in [0.05, 0.1) is 7.11 Å². The fourth-order valence-corrected chi connectivity index (χ4v) is 4.92. The Kier molecular flexibility index (Phi) is 5.56. The summed E-state index contributed by atoms with van der Waals surface area (Å²) in [5, 5.41) is 10.3. The van der Waals surface area contributed by atoms with Crippen LogP contribution in [0.5, 0.6) is 11.5 Å². The lowest BCUT2D eigenvalue weighted by Gasteiger charge is -2.40. The minimum Gasteiger partial charge on any atom is -0.507 e. The Morgan fingerprint density at radius 3 is 2.50 bits per heavy atom. The molecule has 2 fully saturated rings. The topological polar surface area (TPSA) is 35.9 Å². The molecule has 1 spiro atoms. The molecule has 2 aromatic rings. The van der Waals surface area contributed by atoms with Crippen LogP contribution in [0.25, 0.3) is 0 Å². The molecule has 0 bridgehead atoms. The minimum absolute atomic E-state index is 0.176. The molecule has 1 atom stereocenters. The van der Waals surface area contributed by atoms with Gasteiger partial charge in [-0.15, -0.1) is 0 Å². The number of likely N-dealkylation sites (tertiary alicyclic amines) is 2. The van der Waals surface area contributed by atoms with E-state index in [9.17, 15) is 9.50 Å². The van der Waals surface area contributed by atoms with Crippen molar-refractivity contribution in [3.05, 3.63) is 59.4 Å². The Morgan fingerprint density at radius 2 is 1.75 bits per heavy atom. The van der Waals surface area contributed by atoms with Crippen LogP contribution in [0.4, 0.5) is 4.39 Å². The van der Waals surface area contributed by atoms with Gasteiger partial charge in [-0.25, -0.2) is 4.39 Å². The largest absolute Gasteiger partial charge is 0.507 e. The first kappa shape index (κ1) is 19.2. The fraction of sp³-hybridized carbons (Fsp3) is 0.478. The first-order chi connectivity index (χ1) is 13.6. The van der Waals surface area contributed by atoms with E-state index in [0.717, 1.165) is 50.6 Å². The zero-order valence-electron chi connectivity index (χ0n) is 16.5. The van der Waals surface area contributed by atoms with E-state index in [1.54, 1.807) is 25.3 Å². The molecule has 5 heteroatoms. The predicted octanol–water partition coefficient (Wildman–Crippen LogP) is 4.03. The van der Waals surface area contributed by atoms with Gasteiger partial charge in [0.25, 0.3) is 0 Å². The quantitative estimate of drug-likeness (QED) is 0.844. The summed E-state index contributed by atoms with van der Waals surface area (Å²) in [6.45, 7) is 5.88. The van der Waals surface area contributed by atoms with Crippen LogP contribution >= 0.6 is 0 Å². The van der Waals surface area contributed by atoms with Crippen LogP contribution in [0.3, 0.4) is 0 Å². The normalized spacial score (nSPS) is 23.4. The maximum Gasteiger partial charge on any atom is 0.127 e. The molecule has 1 unspecified atom stereocenters. The molecular weight excluding hydrogens is 355 g/mol. The second-order valence-corrected chi connectivity index (χ2v) is 8.36. The molecule has 4 nitrogen and oxygen atoms in total. The van der Waals surface area contributed by atoms with Gasteiger partial charge in [0.2, 0.25) is 0 Å². The van der Waals surface area contributed by atoms with Crippen LogP contribution in [-0.4, -0.2) is 48.2 Å². The van der Waals surface area contributed by atoms with E-state index in [1.807, 2.05) is 24.3 Å². The molecule has 0 aromatic heterocycles. The molecule has 1 N–H and O–H groups in total. The van der Waals surface area contributed by atoms with E-state index >= 15 is 0 Å². The lowest BCUT2D eigenvalue weighted by molar-refractivity contribution is 0.0864. The van der Waals surface area contributed by atoms with E-state index in [-0.39, 0.29) is 5.82 Å². The average molecular weight is 384 g/mol. The summed E-state index contributed by atoms with van der Waals surface area (Å²) >= 11 is 0. The molecule has 28 heavy (non-hydrogen) atoms. The first-order valence-electron chi connectivity index (χ1n) is 10.1. The zero-order chi connectivity index (χ0) is 19.6. The number of halogens is 1. The average Bonchev–Trinajstić information content (AvgIpc) is 3.07. The maximum absolute atomic E-state index is 13.2. The lowest BCUT2D eigenvalue weighted by atomic mass is 9.79. The zero-order valence-corrected chi connectivity index (χ0v) is 16.5. The molecule has 4 rings (SSSR count). The van der Waals surface area contributed by atoms with Crippen LogP contribution in [-0.2, 0) is 13.1 Å².